The van der Waals surface area contributed by atoms with Gasteiger partial charge in [0, 0.05) is 23.2 Å². The van der Waals surface area contributed by atoms with Crippen molar-refractivity contribution in [3.63, 3.8) is 0 Å². The van der Waals surface area contributed by atoms with Gasteiger partial charge in [-0.2, -0.15) is 4.99 Å². The Morgan fingerprint density at radius 2 is 1.95 bits per heavy atom. The molecule has 2 heterocycles. The first kappa shape index (κ1) is 13.6. The third-order valence-corrected chi connectivity index (χ3v) is 3.70. The van der Waals surface area contributed by atoms with Crippen LogP contribution in [0.5, 0.6) is 0 Å². The minimum absolute atomic E-state index is 0.186. The molecule has 0 aliphatic carbocycles. The van der Waals surface area contributed by atoms with Crippen molar-refractivity contribution < 1.29 is 9.21 Å². The van der Waals surface area contributed by atoms with E-state index < -0.39 is 0 Å². The van der Waals surface area contributed by atoms with Crippen molar-refractivity contribution in [2.24, 2.45) is 10.7 Å². The average Bonchev–Trinajstić information content (AvgIpc) is 3.01. The van der Waals surface area contributed by atoms with Gasteiger partial charge in [-0.1, -0.05) is 28.1 Å². The number of nitrogens with zero attached hydrogens (tertiary/aromatic N) is 2. The highest BCUT2D eigenvalue weighted by molar-refractivity contribution is 9.10. The van der Waals surface area contributed by atoms with E-state index in [1.165, 1.54) is 4.90 Å². The van der Waals surface area contributed by atoms with Crippen molar-refractivity contribution >= 4 is 33.9 Å². The van der Waals surface area contributed by atoms with E-state index in [2.05, 4.69) is 20.9 Å². The second-order valence-corrected chi connectivity index (χ2v) is 5.49. The summed E-state index contributed by atoms with van der Waals surface area (Å²) in [6.07, 6.45) is 1.63. The van der Waals surface area contributed by atoms with Crippen molar-refractivity contribution in [1.29, 1.82) is 0 Å². The lowest BCUT2D eigenvalue weighted by molar-refractivity contribution is -0.114. The normalized spacial score (nSPS) is 16.7. The van der Waals surface area contributed by atoms with Gasteiger partial charge in [0.2, 0.25) is 5.96 Å². The molecular weight excluding hydrogens is 334 g/mol. The van der Waals surface area contributed by atoms with Gasteiger partial charge in [-0.05, 0) is 24.3 Å². The number of guanidine groups is 1. The molecule has 1 amide bonds. The number of rotatable bonds is 2. The van der Waals surface area contributed by atoms with Crippen LogP contribution in [-0.4, -0.2) is 23.8 Å². The summed E-state index contributed by atoms with van der Waals surface area (Å²) in [6, 6.07) is 11.5. The summed E-state index contributed by atoms with van der Waals surface area (Å²) >= 11 is 3.39. The smallest absolute Gasteiger partial charge is 0.297 e. The van der Waals surface area contributed by atoms with E-state index in [0.29, 0.717) is 11.5 Å². The summed E-state index contributed by atoms with van der Waals surface area (Å²) in [5.74, 6) is 1.13. The molecule has 2 aromatic rings. The Labute approximate surface area is 129 Å². The van der Waals surface area contributed by atoms with E-state index in [4.69, 9.17) is 10.2 Å². The largest absolute Gasteiger partial charge is 0.457 e. The monoisotopic (exact) mass is 345 g/mol. The van der Waals surface area contributed by atoms with Crippen LogP contribution in [0.25, 0.3) is 17.4 Å². The fourth-order valence-electron chi connectivity index (χ4n) is 2.00. The Balaban J connectivity index is 1.89. The summed E-state index contributed by atoms with van der Waals surface area (Å²) in [5.41, 5.74) is 6.96. The lowest BCUT2D eigenvalue weighted by Crippen LogP contribution is -2.28. The van der Waals surface area contributed by atoms with Crippen molar-refractivity contribution in [3.05, 3.63) is 52.3 Å². The number of furan rings is 1. The molecule has 0 saturated heterocycles. The predicted molar refractivity (Wildman–Crippen MR) is 84.2 cm³/mol. The second-order valence-electron chi connectivity index (χ2n) is 4.57. The Bertz CT molecular complexity index is 759. The molecule has 0 atom stereocenters. The second kappa shape index (κ2) is 5.21. The van der Waals surface area contributed by atoms with Gasteiger partial charge in [0.25, 0.3) is 5.91 Å². The first-order valence-electron chi connectivity index (χ1n) is 6.24. The third-order valence-electron chi connectivity index (χ3n) is 3.17. The van der Waals surface area contributed by atoms with Gasteiger partial charge in [0.15, 0.2) is 0 Å². The zero-order valence-corrected chi connectivity index (χ0v) is 12.8. The predicted octanol–water partition coefficient (Wildman–Crippen LogP) is 2.84. The summed E-state index contributed by atoms with van der Waals surface area (Å²) in [6.45, 7) is 0. The minimum Gasteiger partial charge on any atom is -0.457 e. The van der Waals surface area contributed by atoms with Crippen LogP contribution < -0.4 is 5.73 Å². The maximum atomic E-state index is 11.7. The molecule has 1 aliphatic heterocycles. The first-order chi connectivity index (χ1) is 10.0. The van der Waals surface area contributed by atoms with Gasteiger partial charge >= 0.3 is 0 Å². The van der Waals surface area contributed by atoms with Crippen LogP contribution in [0.4, 0.5) is 0 Å². The number of hydrogen-bond acceptors (Lipinski definition) is 4. The molecule has 106 valence electrons. The van der Waals surface area contributed by atoms with E-state index in [-0.39, 0.29) is 11.9 Å². The molecule has 0 bridgehead atoms. The zero-order chi connectivity index (χ0) is 15.0. The molecule has 1 aromatic heterocycles. The standard InChI is InChI=1S/C15H12BrN3O2/c1-19-12(14(20)18-15(19)17)8-11-6-7-13(21-11)9-2-4-10(16)5-3-9/h2-8H,1H3,(H2,17,18,20)/b12-8-. The number of nitrogens with two attached hydrogens (primary N) is 1. The maximum Gasteiger partial charge on any atom is 0.297 e. The molecule has 6 heteroatoms. The molecule has 0 unspecified atom stereocenters. The van der Waals surface area contributed by atoms with Crippen LogP contribution in [0, 0.1) is 0 Å². The SMILES string of the molecule is CN1C(N)=NC(=O)/C1=C/c1ccc(-c2ccc(Br)cc2)o1. The van der Waals surface area contributed by atoms with Gasteiger partial charge in [-0.3, -0.25) is 4.79 Å². The summed E-state index contributed by atoms with van der Waals surface area (Å²) < 4.78 is 6.75. The molecule has 21 heavy (non-hydrogen) atoms. The lowest BCUT2D eigenvalue weighted by atomic mass is 10.2. The van der Waals surface area contributed by atoms with Crippen LogP contribution >= 0.6 is 15.9 Å². The molecule has 0 radical (unpaired) electrons. The van der Waals surface area contributed by atoms with E-state index in [1.807, 2.05) is 30.3 Å². The van der Waals surface area contributed by atoms with Gasteiger partial charge in [-0.25, -0.2) is 0 Å². The first-order valence-corrected chi connectivity index (χ1v) is 7.03. The average molecular weight is 346 g/mol. The summed E-state index contributed by atoms with van der Waals surface area (Å²) in [5, 5.41) is 0. The quantitative estimate of drug-likeness (QED) is 0.849. The van der Waals surface area contributed by atoms with Crippen LogP contribution in [0.2, 0.25) is 0 Å². The number of benzene rings is 1. The fourth-order valence-corrected chi connectivity index (χ4v) is 2.26. The molecule has 0 fully saturated rings. The lowest BCUT2D eigenvalue weighted by Gasteiger charge is -2.10. The van der Waals surface area contributed by atoms with Crippen molar-refractivity contribution in [1.82, 2.24) is 4.90 Å². The van der Waals surface area contributed by atoms with Crippen LogP contribution in [-0.2, 0) is 4.79 Å². The molecule has 0 spiro atoms. The Kier molecular flexibility index (Phi) is 3.39. The van der Waals surface area contributed by atoms with Crippen molar-refractivity contribution in [3.8, 4) is 11.3 Å². The zero-order valence-electron chi connectivity index (χ0n) is 11.2. The minimum atomic E-state index is -0.364. The highest BCUT2D eigenvalue weighted by atomic mass is 79.9. The Morgan fingerprint density at radius 3 is 2.57 bits per heavy atom. The number of carbonyl (C=O) groups is 1. The third kappa shape index (κ3) is 2.62. The molecule has 1 aliphatic rings. The van der Waals surface area contributed by atoms with E-state index in [9.17, 15) is 4.79 Å². The number of aliphatic imine (C=N–C) groups is 1. The number of amides is 1. The maximum absolute atomic E-state index is 11.7. The summed E-state index contributed by atoms with van der Waals surface area (Å²) in [7, 11) is 1.69. The van der Waals surface area contributed by atoms with Gasteiger partial charge in [-0.15, -0.1) is 0 Å². The molecular formula is C15H12BrN3O2. The number of halogens is 1. The number of hydrogen-bond donors (Lipinski definition) is 1. The van der Waals surface area contributed by atoms with E-state index in [0.717, 1.165) is 15.8 Å². The van der Waals surface area contributed by atoms with E-state index >= 15 is 0 Å². The van der Waals surface area contributed by atoms with Gasteiger partial charge in [0.1, 0.15) is 17.2 Å². The molecule has 2 N–H and O–H groups in total. The van der Waals surface area contributed by atoms with Gasteiger partial charge in [0.05, 0.1) is 0 Å². The molecule has 0 saturated carbocycles. The molecule has 1 aromatic carbocycles. The van der Waals surface area contributed by atoms with Crippen LogP contribution in [0.15, 0.2) is 56.0 Å². The highest BCUT2D eigenvalue weighted by Crippen LogP contribution is 2.26. The highest BCUT2D eigenvalue weighted by Gasteiger charge is 2.24. The van der Waals surface area contributed by atoms with Crippen molar-refractivity contribution in [2.45, 2.75) is 0 Å². The number of carbonyl (C=O) groups excluding carboxylic acids is 1. The fraction of sp³-hybridized carbons (Fsp3) is 0.0667. The summed E-state index contributed by atoms with van der Waals surface area (Å²) in [4.78, 5) is 16.9. The Hall–Kier alpha value is -2.34. The van der Waals surface area contributed by atoms with Crippen LogP contribution in [0.1, 0.15) is 5.76 Å². The molecule has 5 nitrogen and oxygen atoms in total. The van der Waals surface area contributed by atoms with Crippen LogP contribution in [0.3, 0.4) is 0 Å². The van der Waals surface area contributed by atoms with Gasteiger partial charge < -0.3 is 15.1 Å². The Morgan fingerprint density at radius 1 is 1.24 bits per heavy atom. The number of likely N-dealkylation sites (N-methyl/N-ethyl adjacent to an activating group) is 1. The van der Waals surface area contributed by atoms with E-state index in [1.54, 1.807) is 19.2 Å². The van der Waals surface area contributed by atoms with Crippen molar-refractivity contribution in [2.75, 3.05) is 7.05 Å². The molecule has 3 rings (SSSR count). The topological polar surface area (TPSA) is 71.8 Å².